The molecule has 0 aliphatic carbocycles. The van der Waals surface area contributed by atoms with Crippen LogP contribution in [0.15, 0.2) is 48.8 Å². The predicted octanol–water partition coefficient (Wildman–Crippen LogP) is 2.04. The fourth-order valence-electron chi connectivity index (χ4n) is 4.48. The number of amides is 1. The van der Waals surface area contributed by atoms with Crippen LogP contribution in [0.2, 0.25) is 0 Å². The van der Waals surface area contributed by atoms with Gasteiger partial charge in [-0.05, 0) is 48.2 Å². The number of benzene rings is 1. The van der Waals surface area contributed by atoms with E-state index in [0.29, 0.717) is 32.7 Å². The molecule has 8 heteroatoms. The van der Waals surface area contributed by atoms with Gasteiger partial charge < -0.3 is 19.9 Å². The Bertz CT molecular complexity index is 885. The van der Waals surface area contributed by atoms with Crippen LogP contribution in [-0.4, -0.2) is 65.0 Å². The van der Waals surface area contributed by atoms with E-state index in [4.69, 9.17) is 9.47 Å². The fraction of sp³-hybridized carbons (Fsp3) is 0.500. The van der Waals surface area contributed by atoms with Crippen LogP contribution < -0.4 is 5.32 Å². The Balaban J connectivity index is 1.35. The minimum atomic E-state index is -0.610. The number of halogens is 1. The molecule has 1 aromatic carbocycles. The number of carbonyl (C=O) groups excluding carboxylic acids is 1. The highest BCUT2D eigenvalue weighted by molar-refractivity contribution is 5.76. The normalized spacial score (nSPS) is 26.6. The van der Waals surface area contributed by atoms with E-state index in [1.807, 2.05) is 18.2 Å². The number of β-amino-alcohol motifs (C(OH)–C–C–N with tert-alkyl or cyclic N) is 1. The summed E-state index contributed by atoms with van der Waals surface area (Å²) in [6.45, 7) is 2.00. The first-order valence-corrected chi connectivity index (χ1v) is 11.1. The van der Waals surface area contributed by atoms with Crippen molar-refractivity contribution in [3.05, 3.63) is 65.7 Å². The van der Waals surface area contributed by atoms with E-state index in [2.05, 4.69) is 15.2 Å². The molecule has 0 saturated carbocycles. The Morgan fingerprint density at radius 3 is 2.84 bits per heavy atom. The van der Waals surface area contributed by atoms with Gasteiger partial charge in [0, 0.05) is 38.1 Å². The second kappa shape index (κ2) is 11.0. The summed E-state index contributed by atoms with van der Waals surface area (Å²) in [6.07, 6.45) is 4.25. The summed E-state index contributed by atoms with van der Waals surface area (Å²) >= 11 is 0. The molecule has 4 rings (SSSR count). The minimum absolute atomic E-state index is 0.0318. The van der Waals surface area contributed by atoms with Crippen LogP contribution in [-0.2, 0) is 27.4 Å². The van der Waals surface area contributed by atoms with Crippen molar-refractivity contribution in [1.82, 2.24) is 15.2 Å². The molecule has 0 radical (unpaired) electrons. The molecular formula is C24H30FN3O4. The zero-order valence-corrected chi connectivity index (χ0v) is 18.0. The number of aliphatic hydroxyl groups is 1. The topological polar surface area (TPSA) is 83.9 Å². The number of carbonyl (C=O) groups is 1. The molecule has 2 aliphatic heterocycles. The van der Waals surface area contributed by atoms with Gasteiger partial charge in [0.1, 0.15) is 5.82 Å². The van der Waals surface area contributed by atoms with Gasteiger partial charge in [0.2, 0.25) is 5.91 Å². The number of nitrogens with zero attached hydrogens (tertiary/aromatic N) is 2. The number of rotatable bonds is 6. The molecule has 0 spiro atoms. The van der Waals surface area contributed by atoms with Crippen molar-refractivity contribution in [3.63, 3.8) is 0 Å². The van der Waals surface area contributed by atoms with Crippen molar-refractivity contribution in [3.8, 4) is 0 Å². The Morgan fingerprint density at radius 1 is 1.19 bits per heavy atom. The maximum atomic E-state index is 13.7. The highest BCUT2D eigenvalue weighted by atomic mass is 19.1. The van der Waals surface area contributed by atoms with Crippen molar-refractivity contribution in [2.45, 2.75) is 56.7 Å². The lowest BCUT2D eigenvalue weighted by Crippen LogP contribution is -2.55. The number of ether oxygens (including phenoxy) is 2. The number of nitrogens with one attached hydrogen (secondary N) is 1. The maximum absolute atomic E-state index is 13.7. The van der Waals surface area contributed by atoms with Crippen LogP contribution in [0.25, 0.3) is 0 Å². The lowest BCUT2D eigenvalue weighted by Gasteiger charge is -2.44. The third-order valence-corrected chi connectivity index (χ3v) is 6.01. The standard InChI is InChI=1S/C24H30FN3O4/c25-19-3-1-2-18(10-19)13-28-14-20(29)15-31-16-23-22(28)5-4-21(32-23)11-24(30)27-12-17-6-8-26-9-7-17/h1-3,6-10,20-23,29H,4-5,11-16H2,(H,27,30)/t20-,21-,22-,23+/m0/s1. The summed E-state index contributed by atoms with van der Waals surface area (Å²) in [6, 6.07) is 10.3. The number of fused-ring (bicyclic) bond motifs is 1. The van der Waals surface area contributed by atoms with Crippen molar-refractivity contribution in [2.75, 3.05) is 19.8 Å². The number of aliphatic hydroxyl groups excluding tert-OH is 1. The predicted molar refractivity (Wildman–Crippen MR) is 116 cm³/mol. The van der Waals surface area contributed by atoms with Gasteiger partial charge in [-0.2, -0.15) is 0 Å². The third kappa shape index (κ3) is 6.32. The second-order valence-corrected chi connectivity index (χ2v) is 8.53. The van der Waals surface area contributed by atoms with Gasteiger partial charge >= 0.3 is 0 Å². The zero-order valence-electron chi connectivity index (χ0n) is 18.0. The van der Waals surface area contributed by atoms with Crippen LogP contribution >= 0.6 is 0 Å². The van der Waals surface area contributed by atoms with Crippen molar-refractivity contribution < 1.29 is 23.8 Å². The highest BCUT2D eigenvalue weighted by Gasteiger charge is 2.38. The molecule has 2 saturated heterocycles. The molecule has 2 N–H and O–H groups in total. The van der Waals surface area contributed by atoms with E-state index < -0.39 is 6.10 Å². The molecule has 1 aromatic heterocycles. The average Bonchev–Trinajstić information content (AvgIpc) is 2.77. The van der Waals surface area contributed by atoms with Crippen LogP contribution in [0.3, 0.4) is 0 Å². The lowest BCUT2D eigenvalue weighted by molar-refractivity contribution is -0.158. The number of aromatic nitrogens is 1. The van der Waals surface area contributed by atoms with Crippen molar-refractivity contribution in [2.24, 2.45) is 0 Å². The number of pyridine rings is 1. The molecule has 4 atom stereocenters. The summed E-state index contributed by atoms with van der Waals surface area (Å²) in [5.41, 5.74) is 1.85. The van der Waals surface area contributed by atoms with E-state index >= 15 is 0 Å². The van der Waals surface area contributed by atoms with Crippen LogP contribution in [0, 0.1) is 5.82 Å². The van der Waals surface area contributed by atoms with Crippen LogP contribution in [0.1, 0.15) is 30.4 Å². The smallest absolute Gasteiger partial charge is 0.222 e. The molecule has 2 aromatic rings. The van der Waals surface area contributed by atoms with Gasteiger partial charge in [-0.25, -0.2) is 4.39 Å². The molecular weight excluding hydrogens is 413 g/mol. The van der Waals surface area contributed by atoms with E-state index in [1.165, 1.54) is 12.1 Å². The Labute approximate surface area is 187 Å². The largest absolute Gasteiger partial charge is 0.389 e. The van der Waals surface area contributed by atoms with Crippen LogP contribution in [0.5, 0.6) is 0 Å². The number of hydrogen-bond acceptors (Lipinski definition) is 6. The molecule has 2 fully saturated rings. The average molecular weight is 444 g/mol. The first kappa shape index (κ1) is 22.8. The summed E-state index contributed by atoms with van der Waals surface area (Å²) in [5, 5.41) is 13.2. The highest BCUT2D eigenvalue weighted by Crippen LogP contribution is 2.28. The first-order valence-electron chi connectivity index (χ1n) is 11.1. The van der Waals surface area contributed by atoms with Gasteiger partial charge in [-0.3, -0.25) is 14.7 Å². The van der Waals surface area contributed by atoms with Gasteiger partial charge in [0.25, 0.3) is 0 Å². The molecule has 172 valence electrons. The maximum Gasteiger partial charge on any atom is 0.222 e. The van der Waals surface area contributed by atoms with Crippen LogP contribution in [0.4, 0.5) is 4.39 Å². The quantitative estimate of drug-likeness (QED) is 0.711. The third-order valence-electron chi connectivity index (χ3n) is 6.01. The van der Waals surface area contributed by atoms with Gasteiger partial charge in [0.05, 0.1) is 37.9 Å². The van der Waals surface area contributed by atoms with E-state index in [9.17, 15) is 14.3 Å². The van der Waals surface area contributed by atoms with Crippen molar-refractivity contribution in [1.29, 1.82) is 0 Å². The Hall–Kier alpha value is -2.39. The Morgan fingerprint density at radius 2 is 2.03 bits per heavy atom. The second-order valence-electron chi connectivity index (χ2n) is 8.53. The SMILES string of the molecule is O=C(C[C@@H]1CC[C@H]2[C@@H](COC[C@@H](O)CN2Cc2cccc(F)c2)O1)NCc1ccncc1. The van der Waals surface area contributed by atoms with E-state index in [1.54, 1.807) is 18.5 Å². The zero-order chi connectivity index (χ0) is 22.3. The molecule has 0 unspecified atom stereocenters. The summed E-state index contributed by atoms with van der Waals surface area (Å²) in [5.74, 6) is -0.322. The minimum Gasteiger partial charge on any atom is -0.389 e. The van der Waals surface area contributed by atoms with Gasteiger partial charge in [0.15, 0.2) is 0 Å². The van der Waals surface area contributed by atoms with Crippen molar-refractivity contribution >= 4 is 5.91 Å². The van der Waals surface area contributed by atoms with E-state index in [0.717, 1.165) is 24.0 Å². The molecule has 3 heterocycles. The fourth-order valence-corrected chi connectivity index (χ4v) is 4.48. The summed E-state index contributed by atoms with van der Waals surface area (Å²) in [4.78, 5) is 18.6. The monoisotopic (exact) mass is 443 g/mol. The van der Waals surface area contributed by atoms with Gasteiger partial charge in [-0.15, -0.1) is 0 Å². The van der Waals surface area contributed by atoms with Gasteiger partial charge in [-0.1, -0.05) is 12.1 Å². The Kier molecular flexibility index (Phi) is 7.81. The lowest BCUT2D eigenvalue weighted by atomic mass is 9.94. The molecule has 0 bridgehead atoms. The summed E-state index contributed by atoms with van der Waals surface area (Å²) in [7, 11) is 0. The molecule has 1 amide bonds. The molecule has 7 nitrogen and oxygen atoms in total. The first-order chi connectivity index (χ1) is 15.6. The number of hydrogen-bond donors (Lipinski definition) is 2. The molecule has 2 aliphatic rings. The molecule has 32 heavy (non-hydrogen) atoms. The summed E-state index contributed by atoms with van der Waals surface area (Å²) < 4.78 is 25.6. The van der Waals surface area contributed by atoms with E-state index in [-0.39, 0.29) is 36.6 Å².